The minimum atomic E-state index is -0.155. The fourth-order valence-electron chi connectivity index (χ4n) is 2.43. The van der Waals surface area contributed by atoms with Gasteiger partial charge in [-0.25, -0.2) is 0 Å². The van der Waals surface area contributed by atoms with Crippen molar-refractivity contribution in [2.75, 3.05) is 19.1 Å². The monoisotopic (exact) mass is 268 g/mol. The van der Waals surface area contributed by atoms with Gasteiger partial charge in [0.25, 0.3) is 0 Å². The molecule has 2 atom stereocenters. The molecule has 1 aliphatic heterocycles. The second-order valence-electron chi connectivity index (χ2n) is 5.23. The summed E-state index contributed by atoms with van der Waals surface area (Å²) in [6, 6.07) is 10.2. The fraction of sp³-hybridized carbons (Fsp3) is 0.600. The lowest BCUT2D eigenvalue weighted by Crippen LogP contribution is -2.31. The molecule has 0 aromatic heterocycles. The lowest BCUT2D eigenvalue weighted by Gasteiger charge is -2.25. The smallest absolute Gasteiger partial charge is 0.0842 e. The molecule has 0 saturated carbocycles. The van der Waals surface area contributed by atoms with Crippen LogP contribution < -0.4 is 0 Å². The molecule has 1 aliphatic rings. The third kappa shape index (κ3) is 3.71. The van der Waals surface area contributed by atoms with Crippen molar-refractivity contribution in [1.82, 2.24) is 0 Å². The van der Waals surface area contributed by atoms with E-state index in [1.165, 1.54) is 5.56 Å². The number of benzene rings is 1. The first-order valence-corrected chi connectivity index (χ1v) is 7.09. The zero-order valence-corrected chi connectivity index (χ0v) is 11.7. The van der Waals surface area contributed by atoms with Crippen LogP contribution >= 0.6 is 11.6 Å². The van der Waals surface area contributed by atoms with Gasteiger partial charge in [-0.3, -0.25) is 0 Å². The highest BCUT2D eigenvalue weighted by molar-refractivity contribution is 6.18. The van der Waals surface area contributed by atoms with Crippen molar-refractivity contribution < 1.29 is 9.47 Å². The van der Waals surface area contributed by atoms with Crippen LogP contribution in [0, 0.1) is 5.92 Å². The molecule has 0 amide bonds. The van der Waals surface area contributed by atoms with E-state index in [-0.39, 0.29) is 5.60 Å². The van der Waals surface area contributed by atoms with E-state index in [1.807, 2.05) is 18.2 Å². The Labute approximate surface area is 114 Å². The van der Waals surface area contributed by atoms with Crippen LogP contribution in [0.2, 0.25) is 0 Å². The van der Waals surface area contributed by atoms with E-state index in [0.29, 0.717) is 25.0 Å². The molecule has 2 rings (SSSR count). The molecule has 1 aromatic carbocycles. The van der Waals surface area contributed by atoms with Gasteiger partial charge in [0.05, 0.1) is 24.7 Å². The second kappa shape index (κ2) is 6.55. The summed E-state index contributed by atoms with van der Waals surface area (Å²) in [5, 5.41) is 0. The summed E-state index contributed by atoms with van der Waals surface area (Å²) in [6.07, 6.45) is 1.93. The summed E-state index contributed by atoms with van der Waals surface area (Å²) in [7, 11) is 0. The van der Waals surface area contributed by atoms with Crippen LogP contribution in [-0.4, -0.2) is 24.7 Å². The maximum atomic E-state index is 6.05. The number of rotatable bonds is 6. The summed E-state index contributed by atoms with van der Waals surface area (Å²) < 4.78 is 11.5. The molecule has 1 heterocycles. The first-order valence-electron chi connectivity index (χ1n) is 6.56. The molecular weight excluding hydrogens is 248 g/mol. The lowest BCUT2D eigenvalue weighted by molar-refractivity contribution is -0.0116. The molecule has 100 valence electrons. The molecule has 3 heteroatoms. The highest BCUT2D eigenvalue weighted by atomic mass is 35.5. The van der Waals surface area contributed by atoms with E-state index < -0.39 is 0 Å². The Morgan fingerprint density at radius 2 is 2.17 bits per heavy atom. The number of hydrogen-bond acceptors (Lipinski definition) is 2. The standard InChI is InChI=1S/C15H21ClO2/c1-13-9-15(12-16,18-10-13)7-8-17-11-14-5-3-2-4-6-14/h2-6,13H,7-12H2,1H3. The molecule has 1 aromatic rings. The van der Waals surface area contributed by atoms with E-state index >= 15 is 0 Å². The Morgan fingerprint density at radius 1 is 1.39 bits per heavy atom. The lowest BCUT2D eigenvalue weighted by atomic mass is 9.94. The van der Waals surface area contributed by atoms with Gasteiger partial charge < -0.3 is 9.47 Å². The molecule has 2 nitrogen and oxygen atoms in total. The van der Waals surface area contributed by atoms with Crippen molar-refractivity contribution in [1.29, 1.82) is 0 Å². The average molecular weight is 269 g/mol. The molecular formula is C15H21ClO2. The van der Waals surface area contributed by atoms with Crippen LogP contribution in [0.5, 0.6) is 0 Å². The van der Waals surface area contributed by atoms with Crippen LogP contribution in [-0.2, 0) is 16.1 Å². The van der Waals surface area contributed by atoms with Crippen LogP contribution in [0.1, 0.15) is 25.3 Å². The maximum absolute atomic E-state index is 6.05. The molecule has 2 unspecified atom stereocenters. The first kappa shape index (κ1) is 13.9. The van der Waals surface area contributed by atoms with Crippen molar-refractivity contribution in [3.05, 3.63) is 35.9 Å². The largest absolute Gasteiger partial charge is 0.377 e. The SMILES string of the molecule is CC1COC(CCl)(CCOCc2ccccc2)C1. The Balaban J connectivity index is 1.71. The Hall–Kier alpha value is -0.570. The highest BCUT2D eigenvalue weighted by Crippen LogP contribution is 2.33. The molecule has 0 radical (unpaired) electrons. The van der Waals surface area contributed by atoms with Crippen LogP contribution in [0.4, 0.5) is 0 Å². The molecule has 1 fully saturated rings. The van der Waals surface area contributed by atoms with E-state index in [0.717, 1.165) is 19.4 Å². The van der Waals surface area contributed by atoms with Crippen LogP contribution in [0.3, 0.4) is 0 Å². The molecule has 0 spiro atoms. The van der Waals surface area contributed by atoms with Gasteiger partial charge >= 0.3 is 0 Å². The fourth-order valence-corrected chi connectivity index (χ4v) is 2.75. The molecule has 0 N–H and O–H groups in total. The Kier molecular flexibility index (Phi) is 5.04. The van der Waals surface area contributed by atoms with Crippen molar-refractivity contribution in [3.8, 4) is 0 Å². The van der Waals surface area contributed by atoms with Gasteiger partial charge in [-0.2, -0.15) is 0 Å². The third-order valence-electron chi connectivity index (χ3n) is 3.45. The predicted molar refractivity (Wildman–Crippen MR) is 73.9 cm³/mol. The van der Waals surface area contributed by atoms with E-state index in [9.17, 15) is 0 Å². The minimum absolute atomic E-state index is 0.155. The Morgan fingerprint density at radius 3 is 2.78 bits per heavy atom. The van der Waals surface area contributed by atoms with Gasteiger partial charge in [-0.1, -0.05) is 37.3 Å². The second-order valence-corrected chi connectivity index (χ2v) is 5.49. The zero-order valence-electron chi connectivity index (χ0n) is 10.9. The van der Waals surface area contributed by atoms with Crippen molar-refractivity contribution >= 4 is 11.6 Å². The Bertz CT molecular complexity index is 355. The third-order valence-corrected chi connectivity index (χ3v) is 3.94. The van der Waals surface area contributed by atoms with Crippen molar-refractivity contribution in [2.45, 2.75) is 32.0 Å². The normalized spacial score (nSPS) is 27.6. The average Bonchev–Trinajstić information content (AvgIpc) is 2.78. The van der Waals surface area contributed by atoms with Gasteiger partial charge in [0.1, 0.15) is 0 Å². The first-order chi connectivity index (χ1) is 8.74. The van der Waals surface area contributed by atoms with E-state index in [4.69, 9.17) is 21.1 Å². The van der Waals surface area contributed by atoms with Crippen molar-refractivity contribution in [3.63, 3.8) is 0 Å². The van der Waals surface area contributed by atoms with E-state index in [2.05, 4.69) is 19.1 Å². The molecule has 1 saturated heterocycles. The summed E-state index contributed by atoms with van der Waals surface area (Å²) in [6.45, 7) is 4.40. The predicted octanol–water partition coefficient (Wildman–Crippen LogP) is 3.63. The van der Waals surface area contributed by atoms with Gasteiger partial charge in [0, 0.05) is 13.0 Å². The van der Waals surface area contributed by atoms with Crippen LogP contribution in [0.15, 0.2) is 30.3 Å². The number of hydrogen-bond donors (Lipinski definition) is 0. The van der Waals surface area contributed by atoms with E-state index in [1.54, 1.807) is 0 Å². The molecule has 0 aliphatic carbocycles. The van der Waals surface area contributed by atoms with Crippen molar-refractivity contribution in [2.24, 2.45) is 5.92 Å². The quantitative estimate of drug-likeness (QED) is 0.579. The van der Waals surface area contributed by atoms with Gasteiger partial charge in [0.15, 0.2) is 0 Å². The molecule has 18 heavy (non-hydrogen) atoms. The summed E-state index contributed by atoms with van der Waals surface area (Å²) in [5.74, 6) is 1.17. The summed E-state index contributed by atoms with van der Waals surface area (Å²) in [5.41, 5.74) is 1.05. The highest BCUT2D eigenvalue weighted by Gasteiger charge is 2.37. The summed E-state index contributed by atoms with van der Waals surface area (Å²) >= 11 is 6.05. The number of ether oxygens (including phenoxy) is 2. The minimum Gasteiger partial charge on any atom is -0.377 e. The summed E-state index contributed by atoms with van der Waals surface area (Å²) in [4.78, 5) is 0. The van der Waals surface area contributed by atoms with Gasteiger partial charge in [-0.05, 0) is 17.9 Å². The topological polar surface area (TPSA) is 18.5 Å². The van der Waals surface area contributed by atoms with Crippen LogP contribution in [0.25, 0.3) is 0 Å². The number of alkyl halides is 1. The van der Waals surface area contributed by atoms with Gasteiger partial charge in [-0.15, -0.1) is 11.6 Å². The maximum Gasteiger partial charge on any atom is 0.0842 e. The molecule has 0 bridgehead atoms. The number of halogens is 1. The van der Waals surface area contributed by atoms with Gasteiger partial charge in [0.2, 0.25) is 0 Å². The zero-order chi connectivity index (χ0) is 12.8.